The van der Waals surface area contributed by atoms with E-state index in [4.69, 9.17) is 43.8 Å². The van der Waals surface area contributed by atoms with Crippen LogP contribution in [-0.4, -0.2) is 266 Å². The number of phosphoric ester groups is 1. The van der Waals surface area contributed by atoms with Gasteiger partial charge in [0.25, 0.3) is 0 Å². The van der Waals surface area contributed by atoms with Crippen molar-refractivity contribution >= 4 is 43.1 Å². The largest absolute Gasteiger partial charge is 0.471 e. The second-order valence-corrected chi connectivity index (χ2v) is 27.4. The maximum atomic E-state index is 14.3. The van der Waals surface area contributed by atoms with Crippen molar-refractivity contribution in [3.05, 3.63) is 0 Å². The van der Waals surface area contributed by atoms with Gasteiger partial charge in [0.05, 0.1) is 50.8 Å². The lowest BCUT2D eigenvalue weighted by molar-refractivity contribution is -0.282. The fourth-order valence-electron chi connectivity index (χ4n) is 11.2. The van der Waals surface area contributed by atoms with Crippen LogP contribution >= 0.6 is 7.82 Å². The molecule has 0 aromatic rings. The zero-order chi connectivity index (χ0) is 73.5. The Labute approximate surface area is 584 Å². The third-order valence-corrected chi connectivity index (χ3v) is 18.7. The number of ketones is 1. The van der Waals surface area contributed by atoms with Gasteiger partial charge in [-0.05, 0) is 109 Å². The minimum absolute atomic E-state index is 0.0348. The monoisotopic (exact) mass is 1450 g/mol. The molecule has 3 heterocycles. The highest BCUT2D eigenvalue weighted by molar-refractivity contribution is 7.47. The molecule has 9 unspecified atom stereocenters. The molecular formula is C66H125N6O26P. The predicted molar refractivity (Wildman–Crippen MR) is 360 cm³/mol. The van der Waals surface area contributed by atoms with Gasteiger partial charge in [0.15, 0.2) is 24.7 Å². The van der Waals surface area contributed by atoms with Crippen LogP contribution in [0.1, 0.15) is 181 Å². The summed E-state index contributed by atoms with van der Waals surface area (Å²) in [6.45, 7) is 7.08. The third-order valence-electron chi connectivity index (χ3n) is 17.7. The lowest BCUT2D eigenvalue weighted by Gasteiger charge is -2.40. The number of unbranched alkanes of at least 4 members (excludes halogenated alkanes) is 10. The van der Waals surface area contributed by atoms with Gasteiger partial charge in [-0.25, -0.2) is 4.57 Å². The molecule has 0 saturated carbocycles. The van der Waals surface area contributed by atoms with Crippen molar-refractivity contribution < 1.29 is 126 Å². The number of aliphatic hydroxyl groups excluding tert-OH is 9. The summed E-state index contributed by atoms with van der Waals surface area (Å²) in [7, 11) is -1.01. The number of phosphoric acid groups is 1. The quantitative estimate of drug-likeness (QED) is 0.0291. The first-order chi connectivity index (χ1) is 47.4. The Kier molecular flexibility index (Phi) is 50.0. The lowest BCUT2D eigenvalue weighted by Crippen LogP contribution is -2.55. The highest BCUT2D eigenvalue weighted by Gasteiger charge is 2.45. The molecule has 5 amide bonds. The van der Waals surface area contributed by atoms with E-state index in [9.17, 15) is 79.3 Å². The number of hydrogen-bond donors (Lipinski definition) is 16. The number of Topliss-reactive ketones (excluding diaryl/α,β-unsaturated/α-hetero) is 1. The first kappa shape index (κ1) is 91.5. The van der Waals surface area contributed by atoms with Gasteiger partial charge in [0, 0.05) is 123 Å². The van der Waals surface area contributed by atoms with E-state index < -0.39 is 137 Å². The average molecular weight is 1450 g/mol. The van der Waals surface area contributed by atoms with Crippen molar-refractivity contribution in [2.24, 2.45) is 29.4 Å². The van der Waals surface area contributed by atoms with E-state index in [1.165, 1.54) is 0 Å². The number of hydrogen-bond acceptors (Lipinski definition) is 26. The fraction of sp³-hybridized carbons (Fsp3) is 0.909. The topological polar surface area (TPSA) is 491 Å². The molecule has 3 aliphatic heterocycles. The van der Waals surface area contributed by atoms with Crippen LogP contribution in [0, 0.1) is 23.7 Å². The first-order valence-corrected chi connectivity index (χ1v) is 37.2. The van der Waals surface area contributed by atoms with Gasteiger partial charge in [-0.1, -0.05) is 46.5 Å². The number of nitrogens with two attached hydrogens (primary N) is 1. The summed E-state index contributed by atoms with van der Waals surface area (Å²) < 4.78 is 58.8. The van der Waals surface area contributed by atoms with Crippen molar-refractivity contribution in [1.82, 2.24) is 26.6 Å². The molecule has 0 aromatic heterocycles. The van der Waals surface area contributed by atoms with Crippen LogP contribution in [0.4, 0.5) is 0 Å². The Morgan fingerprint density at radius 1 is 0.455 bits per heavy atom. The predicted octanol–water partition coefficient (Wildman–Crippen LogP) is 0.504. The summed E-state index contributed by atoms with van der Waals surface area (Å²) in [5.41, 5.74) is 5.30. The molecule has 0 bridgehead atoms. The molecular weight excluding hydrogens is 1320 g/mol. The highest BCUT2D eigenvalue weighted by atomic mass is 31.2. The number of rotatable bonds is 54. The number of nitrogens with one attached hydrogen (secondary N) is 5. The maximum Gasteiger partial charge on any atom is 0.471 e. The van der Waals surface area contributed by atoms with Crippen LogP contribution in [-0.2, 0) is 75.5 Å². The van der Waals surface area contributed by atoms with E-state index in [0.29, 0.717) is 142 Å². The summed E-state index contributed by atoms with van der Waals surface area (Å²) in [6.07, 6.45) is -0.510. The number of ether oxygens (including phenoxy) is 7. The van der Waals surface area contributed by atoms with Crippen molar-refractivity contribution in [3.8, 4) is 0 Å². The number of methoxy groups -OCH3 is 1. The van der Waals surface area contributed by atoms with Crippen LogP contribution in [0.2, 0.25) is 0 Å². The highest BCUT2D eigenvalue weighted by Crippen LogP contribution is 2.42. The summed E-state index contributed by atoms with van der Waals surface area (Å²) in [4.78, 5) is 88.3. The van der Waals surface area contributed by atoms with Crippen molar-refractivity contribution in [2.75, 3.05) is 99.8 Å². The molecule has 99 heavy (non-hydrogen) atoms. The standard InChI is InChI=1S/C59H107N5O22.C7H18NO4P/c1-37-50(73)53(76)43(34-65)84-57(37)81-30-15-9-22-47(70)60-25-13-7-19-40(56(79)63-27-12-5-6-21-46(69)62-28-18-29-80-4)33-42(68)41(64-49(72)24-11-17-32-83-59-39(3)52(75)55(78)45(36-67)86-59)20-8-14-26-61-48(71)23-10-16-31-82-58-38(2)51(74)54(77)44(35-66)85-58;1-11-13(9,10)12-7-5-3-2-4-6-8/h37-41,43-45,50-55,57-59,65-67,73-78H,5-36H2,1-4H3,(H,60,70)(H,61,71)(H,62,69)(H,63,79)(H,64,72);2-8H2,1H3,(H,9,10)/t37?,38?,39?,40?,41?,43?,44?,45?,50-,51-,52-,53+,54+,55+,57-,58-,59-;/m1./s1. The van der Waals surface area contributed by atoms with Gasteiger partial charge in [-0.3, -0.25) is 37.8 Å². The van der Waals surface area contributed by atoms with Crippen molar-refractivity contribution in [1.29, 1.82) is 0 Å². The minimum atomic E-state index is -3.75. The summed E-state index contributed by atoms with van der Waals surface area (Å²) in [5.74, 6) is -3.93. The van der Waals surface area contributed by atoms with Crippen LogP contribution < -0.4 is 32.3 Å². The van der Waals surface area contributed by atoms with E-state index >= 15 is 0 Å². The van der Waals surface area contributed by atoms with Gasteiger partial charge in [0.1, 0.15) is 36.6 Å². The number of carbonyl (C=O) groups is 6. The Morgan fingerprint density at radius 2 is 0.828 bits per heavy atom. The molecule has 0 spiro atoms. The third kappa shape index (κ3) is 38.2. The van der Waals surface area contributed by atoms with Gasteiger partial charge in [-0.2, -0.15) is 0 Å². The fourth-order valence-corrected chi connectivity index (χ4v) is 11.7. The zero-order valence-electron chi connectivity index (χ0n) is 59.2. The van der Waals surface area contributed by atoms with Crippen LogP contribution in [0.5, 0.6) is 0 Å². The van der Waals surface area contributed by atoms with Gasteiger partial charge in [-0.15, -0.1) is 0 Å². The van der Waals surface area contributed by atoms with Gasteiger partial charge in [0.2, 0.25) is 29.5 Å². The molecule has 0 radical (unpaired) electrons. The second-order valence-electron chi connectivity index (χ2n) is 25.8. The van der Waals surface area contributed by atoms with Crippen LogP contribution in [0.25, 0.3) is 0 Å². The van der Waals surface area contributed by atoms with Crippen LogP contribution in [0.15, 0.2) is 0 Å². The molecule has 0 aliphatic carbocycles. The SMILES string of the molecule is COCCCNC(=O)CCCCCNC(=O)C(CCCCNC(=O)CCCCO[C@@H]1OC(CO)[C@H](O)[C@H](O)C1C)CC(=O)C(CCCCNC(=O)CCCCO[C@@H]1OC(CO)[C@H](O)[C@H](O)C1C)NC(=O)CCCCO[C@@H]1OC(CO)[C@H](O)[C@H](O)C1C.COP(=O)(O)OCCCCCCN. The van der Waals surface area contributed by atoms with Gasteiger partial charge >= 0.3 is 7.82 Å². The van der Waals surface area contributed by atoms with Crippen molar-refractivity contribution in [3.63, 3.8) is 0 Å². The summed E-state index contributed by atoms with van der Waals surface area (Å²) in [5, 5.41) is 104. The molecule has 32 nitrogen and oxygen atoms in total. The number of aliphatic hydroxyl groups is 9. The normalized spacial score (nSPS) is 26.6. The van der Waals surface area contributed by atoms with Gasteiger partial charge < -0.3 is 116 Å². The molecule has 33 heteroatoms. The van der Waals surface area contributed by atoms with E-state index in [1.807, 2.05) is 0 Å². The molecule has 18 atom stereocenters. The summed E-state index contributed by atoms with van der Waals surface area (Å²) in [6, 6.07) is -0.960. The molecule has 0 aromatic carbocycles. The Balaban J connectivity index is 0.00000230. The minimum Gasteiger partial charge on any atom is -0.394 e. The molecule has 3 fully saturated rings. The second kappa shape index (κ2) is 54.1. The molecule has 17 N–H and O–H groups in total. The van der Waals surface area contributed by atoms with Crippen molar-refractivity contribution in [2.45, 2.75) is 261 Å². The maximum absolute atomic E-state index is 14.3. The zero-order valence-corrected chi connectivity index (χ0v) is 60.1. The van der Waals surface area contributed by atoms with E-state index in [2.05, 4.69) is 35.6 Å². The summed E-state index contributed by atoms with van der Waals surface area (Å²) >= 11 is 0. The number of carbonyl (C=O) groups excluding carboxylic acids is 6. The average Bonchev–Trinajstić information content (AvgIpc) is 0.837. The van der Waals surface area contributed by atoms with Crippen LogP contribution in [0.3, 0.4) is 0 Å². The van der Waals surface area contributed by atoms with E-state index in [1.54, 1.807) is 27.9 Å². The molecule has 3 rings (SSSR count). The smallest absolute Gasteiger partial charge is 0.394 e. The molecule has 3 saturated heterocycles. The number of amides is 5. The molecule has 3 aliphatic rings. The lowest BCUT2D eigenvalue weighted by atomic mass is 9.91. The van der Waals surface area contributed by atoms with E-state index in [-0.39, 0.29) is 87.9 Å². The molecule has 580 valence electrons. The Hall–Kier alpha value is -3.55. The Morgan fingerprint density at radius 3 is 1.25 bits per heavy atom. The first-order valence-electron chi connectivity index (χ1n) is 35.7. The van der Waals surface area contributed by atoms with E-state index in [0.717, 1.165) is 32.8 Å². The Bertz CT molecular complexity index is 2230.